The molecule has 0 aromatic heterocycles. The zero-order valence-corrected chi connectivity index (χ0v) is 29.1. The molecule has 0 aromatic carbocycles. The second kappa shape index (κ2) is 36.5. The van der Waals surface area contributed by atoms with Crippen LogP contribution in [0.15, 0.2) is 60.8 Å². The third kappa shape index (κ3) is 33.2. The summed E-state index contributed by atoms with van der Waals surface area (Å²) in [6.07, 6.45) is 47.4. The lowest BCUT2D eigenvalue weighted by Crippen LogP contribution is -2.45. The molecule has 0 saturated heterocycles. The fraction of sp³-hybridized carbons (Fsp3) is 0.725. The molecule has 45 heavy (non-hydrogen) atoms. The number of nitrogens with one attached hydrogen (secondary N) is 1. The number of amides is 1. The van der Waals surface area contributed by atoms with E-state index in [4.69, 9.17) is 5.11 Å². The number of hydrogen-bond donors (Lipinski definition) is 4. The highest BCUT2D eigenvalue weighted by atomic mass is 16.3. The number of carbonyl (C=O) groups is 1. The van der Waals surface area contributed by atoms with E-state index in [-0.39, 0.29) is 12.5 Å². The quantitative estimate of drug-likeness (QED) is 0.0430. The monoisotopic (exact) mass is 630 g/mol. The third-order valence-electron chi connectivity index (χ3n) is 8.05. The Hall–Kier alpha value is -1.95. The van der Waals surface area contributed by atoms with Crippen molar-refractivity contribution in [3.05, 3.63) is 60.8 Å². The van der Waals surface area contributed by atoms with E-state index < -0.39 is 12.1 Å². The average Bonchev–Trinajstić information content (AvgIpc) is 3.04. The molecule has 260 valence electrons. The summed E-state index contributed by atoms with van der Waals surface area (Å²) in [5, 5.41) is 31.6. The summed E-state index contributed by atoms with van der Waals surface area (Å²) in [6.45, 7) is 2.29. The number of rotatable bonds is 33. The molecular formula is C40H71NO4. The van der Waals surface area contributed by atoms with Gasteiger partial charge in [-0.05, 0) is 64.2 Å². The average molecular weight is 630 g/mol. The molecule has 4 N–H and O–H groups in total. The van der Waals surface area contributed by atoms with E-state index in [0.29, 0.717) is 13.0 Å². The molecule has 0 fully saturated rings. The highest BCUT2D eigenvalue weighted by Gasteiger charge is 2.17. The molecule has 0 aromatic rings. The molecule has 1 amide bonds. The van der Waals surface area contributed by atoms with E-state index in [2.05, 4.69) is 60.8 Å². The summed E-state index contributed by atoms with van der Waals surface area (Å²) >= 11 is 0. The second-order valence-corrected chi connectivity index (χ2v) is 12.4. The molecule has 0 rings (SSSR count). The summed E-state index contributed by atoms with van der Waals surface area (Å²) in [5.41, 5.74) is 0. The Morgan fingerprint density at radius 1 is 0.556 bits per heavy atom. The SMILES string of the molecule is CCCCCCCCCCCCCCC/C=C/[C@@H](O)[C@H](CO)NC(=O)CCC/C=C\C/C=C\C/C=C\C/C=C\CCCCCO. The maximum Gasteiger partial charge on any atom is 0.220 e. The van der Waals surface area contributed by atoms with Crippen LogP contribution in [0.25, 0.3) is 0 Å². The zero-order chi connectivity index (χ0) is 32.9. The number of hydrogen-bond acceptors (Lipinski definition) is 4. The highest BCUT2D eigenvalue weighted by Crippen LogP contribution is 2.13. The first kappa shape index (κ1) is 43.0. The molecule has 2 atom stereocenters. The van der Waals surface area contributed by atoms with Gasteiger partial charge in [0.2, 0.25) is 5.91 Å². The molecule has 0 aliphatic carbocycles. The largest absolute Gasteiger partial charge is 0.396 e. The van der Waals surface area contributed by atoms with Crippen molar-refractivity contribution in [3.63, 3.8) is 0 Å². The van der Waals surface area contributed by atoms with Gasteiger partial charge in [-0.2, -0.15) is 0 Å². The first-order valence-corrected chi connectivity index (χ1v) is 18.6. The Morgan fingerprint density at radius 2 is 0.978 bits per heavy atom. The van der Waals surface area contributed by atoms with E-state index in [1.165, 1.54) is 77.0 Å². The summed E-state index contributed by atoms with van der Waals surface area (Å²) < 4.78 is 0. The fourth-order valence-electron chi connectivity index (χ4n) is 5.15. The summed E-state index contributed by atoms with van der Waals surface area (Å²) in [4.78, 5) is 12.3. The molecule has 0 spiro atoms. The van der Waals surface area contributed by atoms with Crippen molar-refractivity contribution >= 4 is 5.91 Å². The van der Waals surface area contributed by atoms with Gasteiger partial charge >= 0.3 is 0 Å². The summed E-state index contributed by atoms with van der Waals surface area (Å²) in [5.74, 6) is -0.130. The Labute approximate surface area is 278 Å². The molecular weight excluding hydrogens is 558 g/mol. The lowest BCUT2D eigenvalue weighted by atomic mass is 10.0. The van der Waals surface area contributed by atoms with E-state index in [0.717, 1.165) is 70.6 Å². The minimum Gasteiger partial charge on any atom is -0.396 e. The fourth-order valence-corrected chi connectivity index (χ4v) is 5.15. The van der Waals surface area contributed by atoms with E-state index in [1.807, 2.05) is 6.08 Å². The van der Waals surface area contributed by atoms with Crippen molar-refractivity contribution in [1.82, 2.24) is 5.32 Å². The lowest BCUT2D eigenvalue weighted by molar-refractivity contribution is -0.122. The number of aliphatic hydroxyl groups is 3. The molecule has 5 heteroatoms. The lowest BCUT2D eigenvalue weighted by Gasteiger charge is -2.19. The predicted molar refractivity (Wildman–Crippen MR) is 194 cm³/mol. The number of carbonyl (C=O) groups excluding carboxylic acids is 1. The van der Waals surface area contributed by atoms with Gasteiger partial charge in [-0.1, -0.05) is 151 Å². The molecule has 0 radical (unpaired) electrons. The standard InChI is InChI=1S/C40H71NO4/c1-2-3-4-5-6-7-8-9-13-16-19-22-25-28-31-34-39(44)38(37-43)41-40(45)35-32-29-26-23-20-17-14-11-10-12-15-18-21-24-27-30-33-36-42/h10,12,14,17-18,21,23,26,31,34,38-39,42-44H,2-9,11,13,15-16,19-20,22,24-25,27-30,32-33,35-37H2,1H3,(H,41,45)/b12-10-,17-14-,21-18-,26-23-,34-31+/t38-,39+/m0/s1. The van der Waals surface area contributed by atoms with Gasteiger partial charge in [0, 0.05) is 13.0 Å². The molecule has 0 unspecified atom stereocenters. The van der Waals surface area contributed by atoms with Gasteiger partial charge in [-0.25, -0.2) is 0 Å². The maximum atomic E-state index is 12.3. The first-order valence-electron chi connectivity index (χ1n) is 18.6. The van der Waals surface area contributed by atoms with E-state index >= 15 is 0 Å². The van der Waals surface area contributed by atoms with Crippen LogP contribution in [0.1, 0.15) is 161 Å². The van der Waals surface area contributed by atoms with Crippen molar-refractivity contribution in [2.75, 3.05) is 13.2 Å². The van der Waals surface area contributed by atoms with Gasteiger partial charge in [-0.15, -0.1) is 0 Å². The predicted octanol–water partition coefficient (Wildman–Crippen LogP) is 9.98. The van der Waals surface area contributed by atoms with Gasteiger partial charge in [0.05, 0.1) is 18.8 Å². The van der Waals surface area contributed by atoms with Crippen molar-refractivity contribution in [2.45, 2.75) is 173 Å². The molecule has 0 aliphatic rings. The first-order chi connectivity index (χ1) is 22.2. The topological polar surface area (TPSA) is 89.8 Å². The molecule has 0 saturated carbocycles. The van der Waals surface area contributed by atoms with Crippen LogP contribution in [0, 0.1) is 0 Å². The number of unbranched alkanes of at least 4 members (excludes halogenated alkanes) is 17. The molecule has 5 nitrogen and oxygen atoms in total. The minimum atomic E-state index is -0.869. The van der Waals surface area contributed by atoms with Crippen LogP contribution >= 0.6 is 0 Å². The van der Waals surface area contributed by atoms with Gasteiger partial charge in [0.15, 0.2) is 0 Å². The van der Waals surface area contributed by atoms with Gasteiger partial charge in [0.1, 0.15) is 0 Å². The normalized spacial score (nSPS) is 13.8. The Balaban J connectivity index is 3.76. The molecule has 0 bridgehead atoms. The van der Waals surface area contributed by atoms with Crippen LogP contribution in [-0.4, -0.2) is 46.6 Å². The minimum absolute atomic E-state index is 0.130. The smallest absolute Gasteiger partial charge is 0.220 e. The van der Waals surface area contributed by atoms with Crippen molar-refractivity contribution in [3.8, 4) is 0 Å². The Kier molecular flexibility index (Phi) is 34.9. The van der Waals surface area contributed by atoms with Crippen molar-refractivity contribution in [2.24, 2.45) is 0 Å². The summed E-state index contributed by atoms with van der Waals surface area (Å²) in [7, 11) is 0. The highest BCUT2D eigenvalue weighted by molar-refractivity contribution is 5.76. The van der Waals surface area contributed by atoms with Crippen LogP contribution in [0.2, 0.25) is 0 Å². The molecule has 0 heterocycles. The van der Waals surface area contributed by atoms with Crippen molar-refractivity contribution in [1.29, 1.82) is 0 Å². The van der Waals surface area contributed by atoms with E-state index in [9.17, 15) is 15.0 Å². The second-order valence-electron chi connectivity index (χ2n) is 12.4. The van der Waals surface area contributed by atoms with Crippen molar-refractivity contribution < 1.29 is 20.1 Å². The van der Waals surface area contributed by atoms with Crippen LogP contribution in [0.3, 0.4) is 0 Å². The zero-order valence-electron chi connectivity index (χ0n) is 29.1. The number of allylic oxidation sites excluding steroid dienone is 9. The van der Waals surface area contributed by atoms with Gasteiger partial charge in [-0.3, -0.25) is 4.79 Å². The maximum absolute atomic E-state index is 12.3. The summed E-state index contributed by atoms with van der Waals surface area (Å²) in [6, 6.07) is -0.659. The van der Waals surface area contributed by atoms with Crippen LogP contribution in [0.4, 0.5) is 0 Å². The Bertz CT molecular complexity index is 770. The third-order valence-corrected chi connectivity index (χ3v) is 8.05. The number of aliphatic hydroxyl groups excluding tert-OH is 3. The van der Waals surface area contributed by atoms with E-state index in [1.54, 1.807) is 6.08 Å². The molecule has 0 aliphatic heterocycles. The van der Waals surface area contributed by atoms with Gasteiger partial charge in [0.25, 0.3) is 0 Å². The van der Waals surface area contributed by atoms with Gasteiger partial charge < -0.3 is 20.6 Å². The Morgan fingerprint density at radius 3 is 1.47 bits per heavy atom. The van der Waals surface area contributed by atoms with Crippen LogP contribution < -0.4 is 5.32 Å². The van der Waals surface area contributed by atoms with Crippen LogP contribution in [0.5, 0.6) is 0 Å². The van der Waals surface area contributed by atoms with Crippen LogP contribution in [-0.2, 0) is 4.79 Å².